The lowest BCUT2D eigenvalue weighted by Gasteiger charge is -2.33. The fraction of sp³-hybridized carbons (Fsp3) is 0.240. The molecule has 0 aliphatic carbocycles. The van der Waals surface area contributed by atoms with Crippen molar-refractivity contribution in [3.63, 3.8) is 0 Å². The molecule has 0 radical (unpaired) electrons. The monoisotopic (exact) mass is 506 g/mol. The number of hydrogen-bond acceptors (Lipinski definition) is 6. The van der Waals surface area contributed by atoms with Gasteiger partial charge in [0.1, 0.15) is 10.6 Å². The van der Waals surface area contributed by atoms with Crippen molar-refractivity contribution in [3.05, 3.63) is 84.9 Å². The largest absolute Gasteiger partial charge is 0.471 e. The van der Waals surface area contributed by atoms with Crippen LogP contribution in [-0.2, 0) is 23.8 Å². The van der Waals surface area contributed by atoms with E-state index in [1.165, 1.54) is 21.4 Å². The number of benzene rings is 2. The number of ether oxygens (including phenoxy) is 1. The fourth-order valence-electron chi connectivity index (χ4n) is 4.04. The molecule has 4 aromatic rings. The molecule has 0 spiro atoms. The Hall–Kier alpha value is -3.96. The number of amides is 1. The number of rotatable bonds is 7. The van der Waals surface area contributed by atoms with E-state index >= 15 is 0 Å². The fourth-order valence-corrected chi connectivity index (χ4v) is 5.45. The highest BCUT2D eigenvalue weighted by molar-refractivity contribution is 7.89. The van der Waals surface area contributed by atoms with E-state index in [2.05, 4.69) is 22.3 Å². The van der Waals surface area contributed by atoms with Gasteiger partial charge >= 0.3 is 0 Å². The van der Waals surface area contributed by atoms with E-state index in [1.54, 1.807) is 28.9 Å². The van der Waals surface area contributed by atoms with Gasteiger partial charge in [0.2, 0.25) is 10.0 Å². The van der Waals surface area contributed by atoms with Gasteiger partial charge in [-0.05, 0) is 29.3 Å². The summed E-state index contributed by atoms with van der Waals surface area (Å²) in [6.45, 7) is 1.16. The number of piperazine rings is 1. The number of aryl methyl sites for hydroxylation is 1. The molecule has 1 amide bonds. The van der Waals surface area contributed by atoms with Crippen molar-refractivity contribution in [2.45, 2.75) is 11.6 Å². The molecular formula is C25H26N6O4S. The first kappa shape index (κ1) is 23.8. The van der Waals surface area contributed by atoms with Gasteiger partial charge in [-0.25, -0.2) is 13.1 Å². The van der Waals surface area contributed by atoms with Crippen molar-refractivity contribution < 1.29 is 17.9 Å². The molecule has 11 heteroatoms. The summed E-state index contributed by atoms with van der Waals surface area (Å²) in [7, 11) is -1.96. The Kier molecular flexibility index (Phi) is 6.57. The van der Waals surface area contributed by atoms with Crippen LogP contribution in [0.25, 0.3) is 11.1 Å². The number of aromatic nitrogens is 4. The lowest BCUT2D eigenvalue weighted by molar-refractivity contribution is 0.0690. The van der Waals surface area contributed by atoms with Gasteiger partial charge in [0.15, 0.2) is 12.4 Å². The first-order valence-corrected chi connectivity index (χ1v) is 12.9. The van der Waals surface area contributed by atoms with Crippen LogP contribution < -0.4 is 4.74 Å². The quantitative estimate of drug-likeness (QED) is 0.382. The summed E-state index contributed by atoms with van der Waals surface area (Å²) in [5.41, 5.74) is 2.53. The Morgan fingerprint density at radius 1 is 0.944 bits per heavy atom. The van der Waals surface area contributed by atoms with Crippen molar-refractivity contribution in [1.29, 1.82) is 0 Å². The minimum atomic E-state index is -3.63. The summed E-state index contributed by atoms with van der Waals surface area (Å²) < 4.78 is 35.7. The molecule has 3 heterocycles. The Labute approximate surface area is 209 Å². The maximum Gasteiger partial charge on any atom is 0.274 e. The molecule has 0 N–H and O–H groups in total. The smallest absolute Gasteiger partial charge is 0.274 e. The van der Waals surface area contributed by atoms with Crippen molar-refractivity contribution in [1.82, 2.24) is 28.8 Å². The molecule has 1 saturated heterocycles. The minimum Gasteiger partial charge on any atom is -0.471 e. The molecule has 2 aromatic carbocycles. The molecule has 0 bridgehead atoms. The van der Waals surface area contributed by atoms with Crippen molar-refractivity contribution in [3.8, 4) is 16.9 Å². The van der Waals surface area contributed by atoms with Crippen LogP contribution in [0.15, 0.2) is 84.1 Å². The van der Waals surface area contributed by atoms with E-state index in [-0.39, 0.29) is 43.7 Å². The Balaban J connectivity index is 1.14. The Morgan fingerprint density at radius 2 is 1.64 bits per heavy atom. The van der Waals surface area contributed by atoms with Crippen LogP contribution in [0.3, 0.4) is 0 Å². The number of nitrogens with zero attached hydrogens (tertiary/aromatic N) is 6. The summed E-state index contributed by atoms with van der Waals surface area (Å²) in [5.74, 6) is 0.461. The Morgan fingerprint density at radius 3 is 2.31 bits per heavy atom. The SMILES string of the molecule is Cn1cc(S(=O)(=O)N2CCN(C(=O)c3ccn(COc4ccc(-c5ccccc5)cc4)n3)CC2)cn1. The molecule has 2 aromatic heterocycles. The van der Waals surface area contributed by atoms with Gasteiger partial charge in [0.25, 0.3) is 5.91 Å². The number of hydrogen-bond donors (Lipinski definition) is 0. The van der Waals surface area contributed by atoms with E-state index in [0.29, 0.717) is 11.4 Å². The minimum absolute atomic E-state index is 0.151. The third kappa shape index (κ3) is 5.02. The highest BCUT2D eigenvalue weighted by Gasteiger charge is 2.31. The van der Waals surface area contributed by atoms with Gasteiger partial charge in [-0.15, -0.1) is 0 Å². The van der Waals surface area contributed by atoms with E-state index in [1.807, 2.05) is 42.5 Å². The topological polar surface area (TPSA) is 103 Å². The lowest BCUT2D eigenvalue weighted by Crippen LogP contribution is -2.50. The predicted octanol–water partition coefficient (Wildman–Crippen LogP) is 2.47. The van der Waals surface area contributed by atoms with Gasteiger partial charge in [-0.3, -0.25) is 9.48 Å². The van der Waals surface area contributed by atoms with Crippen LogP contribution in [0.2, 0.25) is 0 Å². The molecule has 1 aliphatic heterocycles. The van der Waals surface area contributed by atoms with Gasteiger partial charge in [0.05, 0.1) is 6.20 Å². The average molecular weight is 507 g/mol. The van der Waals surface area contributed by atoms with Crippen LogP contribution in [-0.4, -0.2) is 69.3 Å². The highest BCUT2D eigenvalue weighted by atomic mass is 32.2. The first-order valence-electron chi connectivity index (χ1n) is 11.5. The average Bonchev–Trinajstić information content (AvgIpc) is 3.58. The van der Waals surface area contributed by atoms with Gasteiger partial charge < -0.3 is 9.64 Å². The third-order valence-electron chi connectivity index (χ3n) is 6.03. The van der Waals surface area contributed by atoms with E-state index < -0.39 is 10.0 Å². The highest BCUT2D eigenvalue weighted by Crippen LogP contribution is 2.22. The van der Waals surface area contributed by atoms with Crippen LogP contribution in [0.1, 0.15) is 10.5 Å². The maximum absolute atomic E-state index is 12.9. The Bertz CT molecular complexity index is 1440. The van der Waals surface area contributed by atoms with Gasteiger partial charge in [0, 0.05) is 45.6 Å². The molecule has 186 valence electrons. The molecule has 5 rings (SSSR count). The lowest BCUT2D eigenvalue weighted by atomic mass is 10.1. The second-order valence-corrected chi connectivity index (χ2v) is 10.4. The van der Waals surface area contributed by atoms with Crippen molar-refractivity contribution in [2.24, 2.45) is 7.05 Å². The summed E-state index contributed by atoms with van der Waals surface area (Å²) in [5, 5.41) is 8.28. The second kappa shape index (κ2) is 9.96. The van der Waals surface area contributed by atoms with Crippen LogP contribution in [0, 0.1) is 0 Å². The molecule has 1 aliphatic rings. The normalized spacial score (nSPS) is 14.6. The maximum atomic E-state index is 12.9. The number of carbonyl (C=O) groups is 1. The third-order valence-corrected chi connectivity index (χ3v) is 7.88. The molecule has 0 atom stereocenters. The van der Waals surface area contributed by atoms with Crippen LogP contribution >= 0.6 is 0 Å². The van der Waals surface area contributed by atoms with Crippen LogP contribution in [0.4, 0.5) is 0 Å². The van der Waals surface area contributed by atoms with Crippen molar-refractivity contribution >= 4 is 15.9 Å². The zero-order chi connectivity index (χ0) is 25.1. The van der Waals surface area contributed by atoms with Gasteiger partial charge in [-0.1, -0.05) is 42.5 Å². The number of sulfonamides is 1. The van der Waals surface area contributed by atoms with E-state index in [0.717, 1.165) is 11.1 Å². The summed E-state index contributed by atoms with van der Waals surface area (Å²) in [6.07, 6.45) is 4.49. The van der Waals surface area contributed by atoms with E-state index in [9.17, 15) is 13.2 Å². The molecule has 10 nitrogen and oxygen atoms in total. The zero-order valence-electron chi connectivity index (χ0n) is 19.8. The molecule has 1 fully saturated rings. The number of carbonyl (C=O) groups excluding carboxylic acids is 1. The first-order chi connectivity index (χ1) is 17.4. The zero-order valence-corrected chi connectivity index (χ0v) is 20.6. The standard InChI is InChI=1S/C25H26N6O4S/c1-28-18-23(17-26-28)36(33,34)31-15-13-29(14-16-31)25(32)24-11-12-30(27-24)19-35-22-9-7-21(8-10-22)20-5-3-2-4-6-20/h2-12,17-18H,13-16,19H2,1H3. The van der Waals surface area contributed by atoms with E-state index in [4.69, 9.17) is 4.74 Å². The van der Waals surface area contributed by atoms with Gasteiger partial charge in [-0.2, -0.15) is 14.5 Å². The molecule has 0 unspecified atom stereocenters. The second-order valence-electron chi connectivity index (χ2n) is 8.45. The predicted molar refractivity (Wildman–Crippen MR) is 133 cm³/mol. The summed E-state index contributed by atoms with van der Waals surface area (Å²) >= 11 is 0. The molecule has 36 heavy (non-hydrogen) atoms. The van der Waals surface area contributed by atoms with Crippen LogP contribution in [0.5, 0.6) is 5.75 Å². The molecular weight excluding hydrogens is 480 g/mol. The summed E-state index contributed by atoms with van der Waals surface area (Å²) in [6, 6.07) is 19.5. The summed E-state index contributed by atoms with van der Waals surface area (Å²) in [4.78, 5) is 14.7. The molecule has 0 saturated carbocycles. The van der Waals surface area contributed by atoms with Crippen molar-refractivity contribution in [2.75, 3.05) is 26.2 Å².